The van der Waals surface area contributed by atoms with Gasteiger partial charge in [0, 0.05) is 10.9 Å². The van der Waals surface area contributed by atoms with E-state index in [9.17, 15) is 5.11 Å². The van der Waals surface area contributed by atoms with Crippen molar-refractivity contribution in [2.45, 2.75) is 25.4 Å². The van der Waals surface area contributed by atoms with Crippen LogP contribution in [0.3, 0.4) is 0 Å². The molecule has 0 heterocycles. The van der Waals surface area contributed by atoms with Gasteiger partial charge in [-0.2, -0.15) is 0 Å². The smallest absolute Gasteiger partial charge is 0.0671 e. The van der Waals surface area contributed by atoms with E-state index in [0.29, 0.717) is 19.4 Å². The molecule has 0 aliphatic carbocycles. The molecular weight excluding hydrogens is 242 g/mol. The van der Waals surface area contributed by atoms with Gasteiger partial charge in [0.2, 0.25) is 0 Å². The Morgan fingerprint density at radius 3 is 2.43 bits per heavy atom. The summed E-state index contributed by atoms with van der Waals surface area (Å²) < 4.78 is 1.06. The summed E-state index contributed by atoms with van der Waals surface area (Å²) in [6.07, 6.45) is 1.28. The number of hydrogen-bond acceptors (Lipinski definition) is 2. The Balaban J connectivity index is 2.64. The molecular formula is C11H16BrNO. The van der Waals surface area contributed by atoms with Crippen molar-refractivity contribution in [1.82, 2.24) is 0 Å². The number of hydrogen-bond donors (Lipinski definition) is 2. The molecule has 78 valence electrons. The van der Waals surface area contributed by atoms with Gasteiger partial charge in [0.1, 0.15) is 0 Å². The summed E-state index contributed by atoms with van der Waals surface area (Å²) in [5.41, 5.74) is 5.86. The van der Waals surface area contributed by atoms with Crippen molar-refractivity contribution in [2.24, 2.45) is 5.73 Å². The Hall–Kier alpha value is -0.380. The van der Waals surface area contributed by atoms with Crippen LogP contribution in [0.2, 0.25) is 0 Å². The first-order valence-corrected chi connectivity index (χ1v) is 5.50. The maximum absolute atomic E-state index is 9.95. The first kappa shape index (κ1) is 11.7. The van der Waals surface area contributed by atoms with Gasteiger partial charge in [0.05, 0.1) is 5.60 Å². The van der Waals surface area contributed by atoms with Crippen molar-refractivity contribution >= 4 is 15.9 Å². The molecule has 1 unspecified atom stereocenters. The van der Waals surface area contributed by atoms with Gasteiger partial charge in [0.15, 0.2) is 0 Å². The summed E-state index contributed by atoms with van der Waals surface area (Å²) in [5, 5.41) is 9.95. The molecule has 1 aromatic carbocycles. The van der Waals surface area contributed by atoms with E-state index in [-0.39, 0.29) is 0 Å². The molecule has 1 atom stereocenters. The van der Waals surface area contributed by atoms with Gasteiger partial charge >= 0.3 is 0 Å². The molecule has 0 aliphatic rings. The van der Waals surface area contributed by atoms with Crippen LogP contribution >= 0.6 is 15.9 Å². The molecule has 3 N–H and O–H groups in total. The minimum atomic E-state index is -0.692. The highest BCUT2D eigenvalue weighted by molar-refractivity contribution is 9.10. The number of aliphatic hydroxyl groups is 1. The predicted octanol–water partition coefficient (Wildman–Crippen LogP) is 2.09. The average Bonchev–Trinajstić information content (AvgIpc) is 2.08. The zero-order valence-electron chi connectivity index (χ0n) is 8.33. The third kappa shape index (κ3) is 3.78. The molecule has 2 nitrogen and oxygen atoms in total. The van der Waals surface area contributed by atoms with Crippen LogP contribution < -0.4 is 5.73 Å². The number of nitrogens with two attached hydrogens (primary N) is 1. The molecule has 0 amide bonds. The summed E-state index contributed by atoms with van der Waals surface area (Å²) in [4.78, 5) is 0. The third-order valence-electron chi connectivity index (χ3n) is 2.18. The Morgan fingerprint density at radius 1 is 1.36 bits per heavy atom. The SMILES string of the molecule is CC(O)(CCN)Cc1ccc(Br)cc1. The van der Waals surface area contributed by atoms with E-state index < -0.39 is 5.60 Å². The fourth-order valence-corrected chi connectivity index (χ4v) is 1.71. The van der Waals surface area contributed by atoms with Crippen LogP contribution in [0.5, 0.6) is 0 Å². The average molecular weight is 258 g/mol. The fraction of sp³-hybridized carbons (Fsp3) is 0.455. The van der Waals surface area contributed by atoms with Crippen LogP contribution in [0.25, 0.3) is 0 Å². The lowest BCUT2D eigenvalue weighted by molar-refractivity contribution is 0.0539. The van der Waals surface area contributed by atoms with E-state index in [1.807, 2.05) is 31.2 Å². The molecule has 0 saturated heterocycles. The van der Waals surface area contributed by atoms with E-state index in [1.54, 1.807) is 0 Å². The van der Waals surface area contributed by atoms with Gasteiger partial charge in [0.25, 0.3) is 0 Å². The van der Waals surface area contributed by atoms with Gasteiger partial charge in [-0.15, -0.1) is 0 Å². The second-order valence-corrected chi connectivity index (χ2v) is 4.75. The summed E-state index contributed by atoms with van der Waals surface area (Å²) in [5.74, 6) is 0. The van der Waals surface area contributed by atoms with Crippen molar-refractivity contribution in [3.8, 4) is 0 Å². The number of halogens is 1. The van der Waals surface area contributed by atoms with Crippen LogP contribution in [0.15, 0.2) is 28.7 Å². The summed E-state index contributed by atoms with van der Waals surface area (Å²) in [6, 6.07) is 7.98. The summed E-state index contributed by atoms with van der Waals surface area (Å²) in [6.45, 7) is 2.34. The molecule has 1 aromatic rings. The van der Waals surface area contributed by atoms with Crippen LogP contribution in [-0.2, 0) is 6.42 Å². The molecule has 0 fully saturated rings. The van der Waals surface area contributed by atoms with Gasteiger partial charge in [-0.25, -0.2) is 0 Å². The highest BCUT2D eigenvalue weighted by Crippen LogP contribution is 2.18. The zero-order valence-corrected chi connectivity index (χ0v) is 9.92. The molecule has 0 spiro atoms. The lowest BCUT2D eigenvalue weighted by Gasteiger charge is -2.22. The van der Waals surface area contributed by atoms with Gasteiger partial charge < -0.3 is 10.8 Å². The molecule has 0 saturated carbocycles. The van der Waals surface area contributed by atoms with Crippen LogP contribution in [0, 0.1) is 0 Å². The Kier molecular flexibility index (Phi) is 4.11. The van der Waals surface area contributed by atoms with Crippen molar-refractivity contribution in [3.05, 3.63) is 34.3 Å². The summed E-state index contributed by atoms with van der Waals surface area (Å²) in [7, 11) is 0. The normalized spacial score (nSPS) is 15.1. The van der Waals surface area contributed by atoms with Crippen molar-refractivity contribution in [3.63, 3.8) is 0 Å². The Labute approximate surface area is 93.3 Å². The minimum Gasteiger partial charge on any atom is -0.390 e. The van der Waals surface area contributed by atoms with Crippen LogP contribution in [0.4, 0.5) is 0 Å². The Bertz CT molecular complexity index is 282. The van der Waals surface area contributed by atoms with Crippen molar-refractivity contribution in [2.75, 3.05) is 6.54 Å². The Morgan fingerprint density at radius 2 is 1.93 bits per heavy atom. The third-order valence-corrected chi connectivity index (χ3v) is 2.71. The second kappa shape index (κ2) is 4.91. The van der Waals surface area contributed by atoms with E-state index in [0.717, 1.165) is 10.0 Å². The zero-order chi connectivity index (χ0) is 10.6. The quantitative estimate of drug-likeness (QED) is 0.868. The highest BCUT2D eigenvalue weighted by atomic mass is 79.9. The standard InChI is InChI=1S/C11H16BrNO/c1-11(14,6-7-13)8-9-2-4-10(12)5-3-9/h2-5,14H,6-8,13H2,1H3. The van der Waals surface area contributed by atoms with Crippen molar-refractivity contribution in [1.29, 1.82) is 0 Å². The number of rotatable bonds is 4. The molecule has 14 heavy (non-hydrogen) atoms. The van der Waals surface area contributed by atoms with E-state index in [2.05, 4.69) is 15.9 Å². The maximum atomic E-state index is 9.95. The molecule has 0 radical (unpaired) electrons. The van der Waals surface area contributed by atoms with Gasteiger partial charge in [-0.1, -0.05) is 28.1 Å². The first-order chi connectivity index (χ1) is 6.53. The fourth-order valence-electron chi connectivity index (χ4n) is 1.44. The molecule has 0 aliphatic heterocycles. The van der Waals surface area contributed by atoms with Crippen LogP contribution in [0.1, 0.15) is 18.9 Å². The monoisotopic (exact) mass is 257 g/mol. The molecule has 3 heteroatoms. The van der Waals surface area contributed by atoms with Gasteiger partial charge in [-0.3, -0.25) is 0 Å². The van der Waals surface area contributed by atoms with E-state index in [1.165, 1.54) is 0 Å². The lowest BCUT2D eigenvalue weighted by Crippen LogP contribution is -2.30. The minimum absolute atomic E-state index is 0.517. The molecule has 0 aromatic heterocycles. The maximum Gasteiger partial charge on any atom is 0.0671 e. The first-order valence-electron chi connectivity index (χ1n) is 4.70. The van der Waals surface area contributed by atoms with Crippen LogP contribution in [-0.4, -0.2) is 17.3 Å². The second-order valence-electron chi connectivity index (χ2n) is 3.84. The predicted molar refractivity (Wildman–Crippen MR) is 62.1 cm³/mol. The lowest BCUT2D eigenvalue weighted by atomic mass is 9.93. The number of benzene rings is 1. The van der Waals surface area contributed by atoms with E-state index in [4.69, 9.17) is 5.73 Å². The van der Waals surface area contributed by atoms with Gasteiger partial charge in [-0.05, 0) is 37.6 Å². The summed E-state index contributed by atoms with van der Waals surface area (Å²) >= 11 is 3.37. The van der Waals surface area contributed by atoms with E-state index >= 15 is 0 Å². The molecule has 0 bridgehead atoms. The highest BCUT2D eigenvalue weighted by Gasteiger charge is 2.19. The topological polar surface area (TPSA) is 46.2 Å². The van der Waals surface area contributed by atoms with Crippen molar-refractivity contribution < 1.29 is 5.11 Å². The largest absolute Gasteiger partial charge is 0.390 e. The molecule has 1 rings (SSSR count).